The van der Waals surface area contributed by atoms with Crippen molar-refractivity contribution >= 4 is 11.8 Å². The van der Waals surface area contributed by atoms with Crippen LogP contribution in [0.2, 0.25) is 0 Å². The summed E-state index contributed by atoms with van der Waals surface area (Å²) < 4.78 is 47.7. The Balaban J connectivity index is 2.17. The van der Waals surface area contributed by atoms with Gasteiger partial charge in [-0.05, 0) is 37.6 Å². The van der Waals surface area contributed by atoms with Crippen LogP contribution in [0, 0.1) is 11.3 Å². The normalized spacial score (nSPS) is 15.3. The van der Waals surface area contributed by atoms with Gasteiger partial charge in [0.2, 0.25) is 0 Å². The molecule has 0 spiro atoms. The van der Waals surface area contributed by atoms with Gasteiger partial charge in [0.15, 0.2) is 5.75 Å². The molecule has 0 saturated carbocycles. The van der Waals surface area contributed by atoms with Crippen LogP contribution in [0.5, 0.6) is 5.75 Å². The number of fused-ring (bicyclic) bond motifs is 1. The Labute approximate surface area is 146 Å². The van der Waals surface area contributed by atoms with Crippen molar-refractivity contribution in [1.82, 2.24) is 0 Å². The lowest BCUT2D eigenvalue weighted by Gasteiger charge is -2.33. The Morgan fingerprint density at radius 2 is 1.96 bits per heavy atom. The number of nitrogens with one attached hydrogen (secondary N) is 1. The van der Waals surface area contributed by atoms with Crippen molar-refractivity contribution in [1.29, 1.82) is 5.26 Å². The van der Waals surface area contributed by atoms with E-state index < -0.39 is 23.8 Å². The van der Waals surface area contributed by atoms with Crippen LogP contribution >= 0.6 is 0 Å². The fraction of sp³-hybridized carbons (Fsp3) is 0.222. The second kappa shape index (κ2) is 5.95. The van der Waals surface area contributed by atoms with Crippen molar-refractivity contribution in [3.05, 3.63) is 47.5 Å². The van der Waals surface area contributed by atoms with E-state index in [4.69, 9.17) is 10.00 Å². The molecule has 0 fully saturated rings. The van der Waals surface area contributed by atoms with Gasteiger partial charge in [-0.25, -0.2) is 4.79 Å². The number of cyclic esters (lactones) is 1. The molecule has 0 aliphatic carbocycles. The van der Waals surface area contributed by atoms with Crippen molar-refractivity contribution in [2.75, 3.05) is 5.32 Å². The van der Waals surface area contributed by atoms with Gasteiger partial charge in [-0.1, -0.05) is 18.2 Å². The molecule has 2 aromatic carbocycles. The van der Waals surface area contributed by atoms with Crippen LogP contribution in [0.3, 0.4) is 0 Å². The third-order valence-electron chi connectivity index (χ3n) is 3.92. The molecule has 0 unspecified atom stereocenters. The van der Waals surface area contributed by atoms with Crippen molar-refractivity contribution in [3.63, 3.8) is 0 Å². The predicted molar refractivity (Wildman–Crippen MR) is 86.4 cm³/mol. The van der Waals surface area contributed by atoms with E-state index in [1.54, 1.807) is 38.1 Å². The molecule has 26 heavy (non-hydrogen) atoms. The molecule has 1 heterocycles. The van der Waals surface area contributed by atoms with Gasteiger partial charge in [-0.3, -0.25) is 5.32 Å². The van der Waals surface area contributed by atoms with Gasteiger partial charge in [0, 0.05) is 11.1 Å². The highest BCUT2D eigenvalue weighted by atomic mass is 19.4. The van der Waals surface area contributed by atoms with Crippen molar-refractivity contribution in [2.45, 2.75) is 25.8 Å². The first-order valence-corrected chi connectivity index (χ1v) is 7.54. The van der Waals surface area contributed by atoms with E-state index >= 15 is 0 Å². The summed E-state index contributed by atoms with van der Waals surface area (Å²) in [4.78, 5) is 11.6. The number of anilines is 1. The monoisotopic (exact) mass is 362 g/mol. The smallest absolute Gasteiger partial charge is 0.438 e. The number of nitrogens with zero attached hydrogens (tertiary/aromatic N) is 1. The molecule has 3 rings (SSSR count). The number of alkyl halides is 3. The van der Waals surface area contributed by atoms with E-state index in [2.05, 4.69) is 10.1 Å². The maximum Gasteiger partial charge on any atom is 0.573 e. The first-order valence-electron chi connectivity index (χ1n) is 7.54. The Morgan fingerprint density at radius 1 is 1.23 bits per heavy atom. The summed E-state index contributed by atoms with van der Waals surface area (Å²) in [7, 11) is 0. The van der Waals surface area contributed by atoms with Gasteiger partial charge in [-0.15, -0.1) is 13.2 Å². The number of ether oxygens (including phenoxy) is 2. The van der Waals surface area contributed by atoms with Gasteiger partial charge in [-0.2, -0.15) is 5.26 Å². The summed E-state index contributed by atoms with van der Waals surface area (Å²) in [6, 6.07) is 10.6. The summed E-state index contributed by atoms with van der Waals surface area (Å²) in [5.74, 6) is -0.569. The van der Waals surface area contributed by atoms with Crippen LogP contribution < -0.4 is 10.1 Å². The topological polar surface area (TPSA) is 71.3 Å². The lowest BCUT2D eigenvalue weighted by Crippen LogP contribution is -2.34. The highest BCUT2D eigenvalue weighted by Crippen LogP contribution is 2.41. The molecule has 0 aromatic heterocycles. The lowest BCUT2D eigenvalue weighted by atomic mass is 9.90. The number of benzene rings is 2. The minimum absolute atomic E-state index is 0.108. The zero-order chi connectivity index (χ0) is 19.1. The molecule has 0 atom stereocenters. The number of rotatable bonds is 2. The van der Waals surface area contributed by atoms with Gasteiger partial charge < -0.3 is 9.47 Å². The van der Waals surface area contributed by atoms with Gasteiger partial charge >= 0.3 is 12.5 Å². The largest absolute Gasteiger partial charge is 0.573 e. The van der Waals surface area contributed by atoms with E-state index in [1.807, 2.05) is 0 Å². The molecule has 1 N–H and O–H groups in total. The number of halogens is 3. The highest BCUT2D eigenvalue weighted by Gasteiger charge is 2.35. The molecule has 1 amide bonds. The maximum absolute atomic E-state index is 12.8. The molecule has 8 heteroatoms. The van der Waals surface area contributed by atoms with Crippen molar-refractivity contribution < 1.29 is 27.4 Å². The Kier molecular flexibility index (Phi) is 4.03. The quantitative estimate of drug-likeness (QED) is 0.823. The summed E-state index contributed by atoms with van der Waals surface area (Å²) >= 11 is 0. The second-order valence-corrected chi connectivity index (χ2v) is 6.13. The molecule has 0 radical (unpaired) electrons. The zero-order valence-corrected chi connectivity index (χ0v) is 13.8. The van der Waals surface area contributed by atoms with Crippen LogP contribution in [0.4, 0.5) is 23.7 Å². The summed E-state index contributed by atoms with van der Waals surface area (Å²) in [6.45, 7) is 3.35. The maximum atomic E-state index is 12.8. The number of hydrogen-bond acceptors (Lipinski definition) is 4. The fourth-order valence-corrected chi connectivity index (χ4v) is 2.82. The van der Waals surface area contributed by atoms with Crippen molar-refractivity contribution in [3.8, 4) is 22.9 Å². The average Bonchev–Trinajstić information content (AvgIpc) is 2.52. The minimum atomic E-state index is -4.94. The zero-order valence-electron chi connectivity index (χ0n) is 13.8. The summed E-state index contributed by atoms with van der Waals surface area (Å²) in [5, 5.41) is 11.7. The first kappa shape index (κ1) is 17.6. The molecule has 1 aliphatic heterocycles. The second-order valence-electron chi connectivity index (χ2n) is 6.13. The molecule has 0 saturated heterocycles. The van der Waals surface area contributed by atoms with Crippen LogP contribution in [0.15, 0.2) is 36.4 Å². The lowest BCUT2D eigenvalue weighted by molar-refractivity contribution is -0.274. The summed E-state index contributed by atoms with van der Waals surface area (Å²) in [5.41, 5.74) is 0.400. The number of hydrogen-bond donors (Lipinski definition) is 1. The minimum Gasteiger partial charge on any atom is -0.438 e. The third kappa shape index (κ3) is 3.28. The molecule has 1 aliphatic rings. The van der Waals surface area contributed by atoms with E-state index in [1.165, 1.54) is 18.2 Å². The Hall–Kier alpha value is -3.21. The van der Waals surface area contributed by atoms with E-state index in [0.717, 1.165) is 0 Å². The van der Waals surface area contributed by atoms with E-state index in [0.29, 0.717) is 16.8 Å². The Bertz CT molecular complexity index is 930. The first-order chi connectivity index (χ1) is 12.1. The SMILES string of the molecule is CC1(C)OC(=O)Nc2ccc(-c3cccc(C#N)c3OC(F)(F)F)cc21. The average molecular weight is 362 g/mol. The van der Waals surface area contributed by atoms with Gasteiger partial charge in [0.05, 0.1) is 11.3 Å². The molecule has 5 nitrogen and oxygen atoms in total. The third-order valence-corrected chi connectivity index (χ3v) is 3.92. The number of amides is 1. The van der Waals surface area contributed by atoms with Gasteiger partial charge in [0.1, 0.15) is 11.7 Å². The van der Waals surface area contributed by atoms with E-state index in [9.17, 15) is 18.0 Å². The Morgan fingerprint density at radius 3 is 2.62 bits per heavy atom. The summed E-state index contributed by atoms with van der Waals surface area (Å²) in [6.07, 6.45) is -5.55. The van der Waals surface area contributed by atoms with Crippen LogP contribution in [0.1, 0.15) is 25.0 Å². The van der Waals surface area contributed by atoms with Crippen molar-refractivity contribution in [2.24, 2.45) is 0 Å². The van der Waals surface area contributed by atoms with E-state index in [-0.39, 0.29) is 11.1 Å². The number of carbonyl (C=O) groups excluding carboxylic acids is 1. The van der Waals surface area contributed by atoms with Crippen LogP contribution in [-0.2, 0) is 10.3 Å². The van der Waals surface area contributed by atoms with Crippen LogP contribution in [0.25, 0.3) is 11.1 Å². The standard InChI is InChI=1S/C18H13F3N2O3/c1-17(2)13-8-10(6-7-14(13)23-16(24)26-17)12-5-3-4-11(9-22)15(12)25-18(19,20)21/h3-8H,1-2H3,(H,23,24). The number of para-hydroxylation sites is 1. The fourth-order valence-electron chi connectivity index (χ4n) is 2.82. The predicted octanol–water partition coefficient (Wildman–Crippen LogP) is 4.92. The molecule has 0 bridgehead atoms. The highest BCUT2D eigenvalue weighted by molar-refractivity contribution is 5.90. The molecule has 134 valence electrons. The van der Waals surface area contributed by atoms with Gasteiger partial charge in [0.25, 0.3) is 0 Å². The molecular weight excluding hydrogens is 349 g/mol. The number of carbonyl (C=O) groups is 1. The number of nitriles is 1. The molecular formula is C18H13F3N2O3. The molecule has 2 aromatic rings. The van der Waals surface area contributed by atoms with Crippen LogP contribution in [-0.4, -0.2) is 12.5 Å².